The van der Waals surface area contributed by atoms with Crippen LogP contribution in [0.15, 0.2) is 53.7 Å². The van der Waals surface area contributed by atoms with E-state index in [1.54, 1.807) is 43.6 Å². The summed E-state index contributed by atoms with van der Waals surface area (Å²) in [7, 11) is -3.84. The number of nitrogens with zero attached hydrogens (tertiary/aromatic N) is 1. The first kappa shape index (κ1) is 17.4. The molecule has 0 saturated heterocycles. The van der Waals surface area contributed by atoms with Crippen molar-refractivity contribution in [2.24, 2.45) is 5.41 Å². The molecule has 1 atom stereocenters. The van der Waals surface area contributed by atoms with Gasteiger partial charge in [-0.25, -0.2) is 0 Å². The third-order valence-electron chi connectivity index (χ3n) is 4.01. The normalized spacial score (nSPS) is 18.0. The van der Waals surface area contributed by atoms with E-state index in [0.29, 0.717) is 0 Å². The van der Waals surface area contributed by atoms with Gasteiger partial charge in [0.15, 0.2) is 0 Å². The lowest BCUT2D eigenvalue weighted by atomic mass is 9.84. The van der Waals surface area contributed by atoms with E-state index in [0.717, 1.165) is 5.56 Å². The van der Waals surface area contributed by atoms with Gasteiger partial charge in [-0.1, -0.05) is 29.8 Å². The zero-order valence-corrected chi connectivity index (χ0v) is 14.5. The Kier molecular flexibility index (Phi) is 4.77. The lowest BCUT2D eigenvalue weighted by Gasteiger charge is -2.32. The van der Waals surface area contributed by atoms with Crippen LogP contribution in [0, 0.1) is 12.3 Å². The molecule has 0 N–H and O–H groups in total. The summed E-state index contributed by atoms with van der Waals surface area (Å²) >= 11 is 0. The minimum atomic E-state index is -3.84. The van der Waals surface area contributed by atoms with Gasteiger partial charge >= 0.3 is 0 Å². The predicted octanol–water partition coefficient (Wildman–Crippen LogP) is 2.98. The fraction of sp³-hybridized carbons (Fsp3) is 0.353. The maximum absolute atomic E-state index is 12.4. The first-order valence-electron chi connectivity index (χ1n) is 7.32. The molecule has 1 unspecified atom stereocenters. The van der Waals surface area contributed by atoms with E-state index in [9.17, 15) is 13.2 Å². The van der Waals surface area contributed by atoms with Crippen LogP contribution in [0.5, 0.6) is 0 Å². The summed E-state index contributed by atoms with van der Waals surface area (Å²) in [6.07, 6.45) is 6.17. The van der Waals surface area contributed by atoms with Crippen LogP contribution in [0.4, 0.5) is 0 Å². The Morgan fingerprint density at radius 2 is 1.70 bits per heavy atom. The molecule has 5 nitrogen and oxygen atoms in total. The van der Waals surface area contributed by atoms with Gasteiger partial charge in [-0.3, -0.25) is 13.9 Å². The lowest BCUT2D eigenvalue weighted by Crippen LogP contribution is -2.34. The molecule has 124 valence electrons. The van der Waals surface area contributed by atoms with Crippen molar-refractivity contribution < 1.29 is 17.4 Å². The second kappa shape index (κ2) is 6.29. The summed E-state index contributed by atoms with van der Waals surface area (Å²) in [5.74, 6) is -0.111. The molecule has 1 heterocycles. The smallest absolute Gasteiger partial charge is 0.296 e. The van der Waals surface area contributed by atoms with Gasteiger partial charge in [-0.05, 0) is 32.9 Å². The van der Waals surface area contributed by atoms with Gasteiger partial charge in [0.25, 0.3) is 10.1 Å². The number of carbonyl (C=O) groups excluding carboxylic acids is 1. The van der Waals surface area contributed by atoms with E-state index in [2.05, 4.69) is 0 Å². The summed E-state index contributed by atoms with van der Waals surface area (Å²) in [5, 5.41) is 0. The molecule has 1 aliphatic heterocycles. The van der Waals surface area contributed by atoms with Crippen molar-refractivity contribution in [1.82, 2.24) is 4.90 Å². The van der Waals surface area contributed by atoms with Crippen molar-refractivity contribution in [3.8, 4) is 0 Å². The summed E-state index contributed by atoms with van der Waals surface area (Å²) in [6, 6.07) is 6.52. The van der Waals surface area contributed by atoms with Crippen LogP contribution in [0.3, 0.4) is 0 Å². The summed E-state index contributed by atoms with van der Waals surface area (Å²) in [5.41, 5.74) is 0.357. The fourth-order valence-electron chi connectivity index (χ4n) is 2.12. The predicted molar refractivity (Wildman–Crippen MR) is 87.8 cm³/mol. The molecule has 0 aliphatic carbocycles. The number of amides is 1. The van der Waals surface area contributed by atoms with E-state index in [-0.39, 0.29) is 10.8 Å². The third kappa shape index (κ3) is 3.89. The molecule has 0 radical (unpaired) electrons. The number of benzene rings is 1. The Morgan fingerprint density at radius 3 is 2.17 bits per heavy atom. The van der Waals surface area contributed by atoms with Gasteiger partial charge in [0.2, 0.25) is 5.91 Å². The molecule has 1 aliphatic rings. The minimum absolute atomic E-state index is 0.111. The number of carbonyl (C=O) groups is 1. The van der Waals surface area contributed by atoms with Crippen molar-refractivity contribution in [2.75, 3.05) is 0 Å². The molecule has 6 heteroatoms. The molecule has 2 rings (SSSR count). The Morgan fingerprint density at radius 1 is 1.17 bits per heavy atom. The van der Waals surface area contributed by atoms with Crippen molar-refractivity contribution in [1.29, 1.82) is 0 Å². The Balaban J connectivity index is 2.17. The maximum Gasteiger partial charge on any atom is 0.297 e. The highest BCUT2D eigenvalue weighted by molar-refractivity contribution is 7.86. The number of hydrogen-bond donors (Lipinski definition) is 0. The quantitative estimate of drug-likeness (QED) is 0.794. The fourth-order valence-corrected chi connectivity index (χ4v) is 3.29. The average Bonchev–Trinajstić information content (AvgIpc) is 2.47. The number of hydrogen-bond acceptors (Lipinski definition) is 4. The van der Waals surface area contributed by atoms with Crippen LogP contribution in [-0.2, 0) is 19.1 Å². The Labute approximate surface area is 137 Å². The molecule has 0 bridgehead atoms. The van der Waals surface area contributed by atoms with Gasteiger partial charge in [-0.2, -0.15) is 8.42 Å². The largest absolute Gasteiger partial charge is 0.297 e. The highest BCUT2D eigenvalue weighted by Gasteiger charge is 2.33. The summed E-state index contributed by atoms with van der Waals surface area (Å²) < 4.78 is 30.1. The van der Waals surface area contributed by atoms with Crippen molar-refractivity contribution in [2.45, 2.75) is 38.7 Å². The SMILES string of the molecule is CC(=O)N1C=CC(C)(C(C)OS(=O)(=O)c2ccc(C)cc2)C=C1. The van der Waals surface area contributed by atoms with Gasteiger partial charge < -0.3 is 0 Å². The van der Waals surface area contributed by atoms with Crippen LogP contribution < -0.4 is 0 Å². The van der Waals surface area contributed by atoms with Crippen LogP contribution in [-0.4, -0.2) is 25.3 Å². The molecule has 0 fully saturated rings. The molecule has 0 spiro atoms. The Bertz CT molecular complexity index is 733. The molecular weight excluding hydrogens is 314 g/mol. The minimum Gasteiger partial charge on any atom is -0.296 e. The summed E-state index contributed by atoms with van der Waals surface area (Å²) in [6.45, 7) is 6.90. The van der Waals surface area contributed by atoms with Crippen LogP contribution in [0.1, 0.15) is 26.3 Å². The highest BCUT2D eigenvalue weighted by atomic mass is 32.2. The van der Waals surface area contributed by atoms with E-state index in [4.69, 9.17) is 4.18 Å². The molecule has 0 saturated carbocycles. The molecular formula is C17H21NO4S. The van der Waals surface area contributed by atoms with Gasteiger partial charge in [0.1, 0.15) is 0 Å². The second-order valence-corrected chi connectivity index (χ2v) is 7.50. The monoisotopic (exact) mass is 335 g/mol. The molecule has 1 amide bonds. The van der Waals surface area contributed by atoms with Gasteiger partial charge in [0, 0.05) is 24.7 Å². The first-order valence-corrected chi connectivity index (χ1v) is 8.72. The maximum atomic E-state index is 12.4. The number of aryl methyl sites for hydroxylation is 1. The lowest BCUT2D eigenvalue weighted by molar-refractivity contribution is -0.124. The van der Waals surface area contributed by atoms with Crippen molar-refractivity contribution in [3.05, 3.63) is 54.4 Å². The van der Waals surface area contributed by atoms with Crippen molar-refractivity contribution >= 4 is 16.0 Å². The first-order chi connectivity index (χ1) is 10.6. The molecule has 1 aromatic carbocycles. The highest BCUT2D eigenvalue weighted by Crippen LogP contribution is 2.33. The van der Waals surface area contributed by atoms with E-state index in [1.807, 2.05) is 13.8 Å². The van der Waals surface area contributed by atoms with Crippen LogP contribution in [0.25, 0.3) is 0 Å². The summed E-state index contributed by atoms with van der Waals surface area (Å²) in [4.78, 5) is 12.9. The standard InChI is InChI=1S/C17H21NO4S/c1-13-5-7-16(8-6-13)23(20,21)22-14(2)17(4)9-11-18(12-10-17)15(3)19/h5-12,14H,1-4H3. The van der Waals surface area contributed by atoms with Crippen LogP contribution in [0.2, 0.25) is 0 Å². The van der Waals surface area contributed by atoms with Crippen LogP contribution >= 0.6 is 0 Å². The zero-order valence-electron chi connectivity index (χ0n) is 13.7. The molecule has 1 aromatic rings. The van der Waals surface area contributed by atoms with Crippen molar-refractivity contribution in [3.63, 3.8) is 0 Å². The van der Waals surface area contributed by atoms with Gasteiger partial charge in [-0.15, -0.1) is 0 Å². The topological polar surface area (TPSA) is 63.7 Å². The Hall–Kier alpha value is -1.92. The number of rotatable bonds is 4. The van der Waals surface area contributed by atoms with E-state index in [1.165, 1.54) is 24.0 Å². The van der Waals surface area contributed by atoms with E-state index >= 15 is 0 Å². The zero-order chi connectivity index (χ0) is 17.3. The third-order valence-corrected chi connectivity index (χ3v) is 5.40. The van der Waals surface area contributed by atoms with E-state index < -0.39 is 21.6 Å². The average molecular weight is 335 g/mol. The van der Waals surface area contributed by atoms with Gasteiger partial charge in [0.05, 0.1) is 11.0 Å². The molecule has 23 heavy (non-hydrogen) atoms. The molecule has 0 aromatic heterocycles. The second-order valence-electron chi connectivity index (χ2n) is 5.93.